The van der Waals surface area contributed by atoms with E-state index in [9.17, 15) is 4.79 Å². The summed E-state index contributed by atoms with van der Waals surface area (Å²) < 4.78 is 5.57. The smallest absolute Gasteiger partial charge is 0.159 e. The molecular formula is C11H16O2. The third-order valence-electron chi connectivity index (χ3n) is 2.02. The number of rotatable bonds is 4. The maximum absolute atomic E-state index is 11.0. The van der Waals surface area contributed by atoms with Gasteiger partial charge in [-0.05, 0) is 13.3 Å². The van der Waals surface area contributed by atoms with E-state index in [2.05, 4.69) is 6.58 Å². The van der Waals surface area contributed by atoms with Crippen molar-refractivity contribution in [2.75, 3.05) is 0 Å². The Labute approximate surface area is 79.3 Å². The molecule has 0 spiro atoms. The third-order valence-corrected chi connectivity index (χ3v) is 2.02. The van der Waals surface area contributed by atoms with E-state index >= 15 is 0 Å². The molecule has 0 bridgehead atoms. The summed E-state index contributed by atoms with van der Waals surface area (Å²) in [6.45, 7) is 5.63. The van der Waals surface area contributed by atoms with Crippen LogP contribution in [0, 0.1) is 0 Å². The summed E-state index contributed by atoms with van der Waals surface area (Å²) in [5.74, 6) is 1.03. The molecule has 2 nitrogen and oxygen atoms in total. The molecule has 0 aromatic rings. The van der Waals surface area contributed by atoms with Crippen LogP contribution in [0.15, 0.2) is 24.5 Å². The van der Waals surface area contributed by atoms with Crippen molar-refractivity contribution >= 4 is 5.78 Å². The van der Waals surface area contributed by atoms with Gasteiger partial charge in [-0.1, -0.05) is 6.08 Å². The predicted molar refractivity (Wildman–Crippen MR) is 52.3 cm³/mol. The monoisotopic (exact) mass is 180 g/mol. The fourth-order valence-corrected chi connectivity index (χ4v) is 1.39. The van der Waals surface area contributed by atoms with Gasteiger partial charge in [-0.3, -0.25) is 4.79 Å². The van der Waals surface area contributed by atoms with Gasteiger partial charge in [0.2, 0.25) is 0 Å². The molecule has 0 heterocycles. The molecular weight excluding hydrogens is 164 g/mol. The molecule has 1 aliphatic rings. The van der Waals surface area contributed by atoms with Crippen LogP contribution in [0.4, 0.5) is 0 Å². The zero-order valence-corrected chi connectivity index (χ0v) is 8.08. The van der Waals surface area contributed by atoms with Gasteiger partial charge in [0.1, 0.15) is 0 Å². The molecule has 1 atom stereocenters. The first-order chi connectivity index (χ1) is 6.22. The van der Waals surface area contributed by atoms with Crippen molar-refractivity contribution in [3.63, 3.8) is 0 Å². The lowest BCUT2D eigenvalue weighted by Gasteiger charge is -2.18. The molecule has 0 aliphatic heterocycles. The van der Waals surface area contributed by atoms with Crippen molar-refractivity contribution < 1.29 is 9.53 Å². The largest absolute Gasteiger partial charge is 0.495 e. The van der Waals surface area contributed by atoms with Gasteiger partial charge < -0.3 is 4.74 Å². The Kier molecular flexibility index (Phi) is 3.74. The summed E-state index contributed by atoms with van der Waals surface area (Å²) in [6.07, 6.45) is 6.90. The summed E-state index contributed by atoms with van der Waals surface area (Å²) in [7, 11) is 0. The van der Waals surface area contributed by atoms with Crippen LogP contribution in [0.2, 0.25) is 0 Å². The van der Waals surface area contributed by atoms with Crippen LogP contribution in [0.5, 0.6) is 0 Å². The average Bonchev–Trinajstić information content (AvgIpc) is 2.04. The van der Waals surface area contributed by atoms with Gasteiger partial charge in [-0.2, -0.15) is 0 Å². The molecule has 1 unspecified atom stereocenters. The van der Waals surface area contributed by atoms with Crippen LogP contribution >= 0.6 is 0 Å². The summed E-state index contributed by atoms with van der Waals surface area (Å²) in [5, 5.41) is 0. The first-order valence-corrected chi connectivity index (χ1v) is 4.73. The molecule has 1 aliphatic carbocycles. The first kappa shape index (κ1) is 10.0. The zero-order chi connectivity index (χ0) is 9.68. The molecule has 13 heavy (non-hydrogen) atoms. The molecule has 0 aromatic carbocycles. The minimum atomic E-state index is 0.134. The van der Waals surface area contributed by atoms with Gasteiger partial charge in [0.15, 0.2) is 5.78 Å². The topological polar surface area (TPSA) is 26.3 Å². The third kappa shape index (κ3) is 3.45. The van der Waals surface area contributed by atoms with Crippen molar-refractivity contribution in [3.8, 4) is 0 Å². The number of hydrogen-bond donors (Lipinski definition) is 0. The second-order valence-corrected chi connectivity index (χ2v) is 3.38. The van der Waals surface area contributed by atoms with Crippen molar-refractivity contribution in [1.29, 1.82) is 0 Å². The van der Waals surface area contributed by atoms with Crippen LogP contribution in [0.25, 0.3) is 0 Å². The molecule has 0 saturated carbocycles. The van der Waals surface area contributed by atoms with Gasteiger partial charge in [0.05, 0.1) is 11.9 Å². The van der Waals surface area contributed by atoms with Crippen LogP contribution in [0.1, 0.15) is 32.6 Å². The summed E-state index contributed by atoms with van der Waals surface area (Å²) in [4.78, 5) is 11.0. The highest BCUT2D eigenvalue weighted by Gasteiger charge is 2.12. The highest BCUT2D eigenvalue weighted by atomic mass is 16.5. The van der Waals surface area contributed by atoms with Crippen LogP contribution in [-0.4, -0.2) is 11.9 Å². The van der Waals surface area contributed by atoms with E-state index in [1.807, 2.05) is 13.0 Å². The highest BCUT2D eigenvalue weighted by molar-refractivity contribution is 5.90. The van der Waals surface area contributed by atoms with Gasteiger partial charge in [0, 0.05) is 25.3 Å². The Morgan fingerprint density at radius 2 is 2.46 bits per heavy atom. The second kappa shape index (κ2) is 4.85. The standard InChI is InChI=1S/C11H16O2/c1-3-5-9(2)13-11-7-4-6-10(12)8-11/h3,8-9H,1,4-7H2,2H3. The Bertz CT molecular complexity index is 228. The number of ketones is 1. The lowest BCUT2D eigenvalue weighted by Crippen LogP contribution is -2.11. The number of allylic oxidation sites excluding steroid dienone is 2. The van der Waals surface area contributed by atoms with E-state index in [1.165, 1.54) is 0 Å². The van der Waals surface area contributed by atoms with Crippen LogP contribution in [0.3, 0.4) is 0 Å². The number of hydrogen-bond acceptors (Lipinski definition) is 2. The Balaban J connectivity index is 2.43. The minimum absolute atomic E-state index is 0.134. The van der Waals surface area contributed by atoms with Crippen molar-refractivity contribution in [1.82, 2.24) is 0 Å². The fourth-order valence-electron chi connectivity index (χ4n) is 1.39. The Morgan fingerprint density at radius 3 is 3.08 bits per heavy atom. The summed E-state index contributed by atoms with van der Waals surface area (Å²) in [5.41, 5.74) is 0. The van der Waals surface area contributed by atoms with E-state index in [0.29, 0.717) is 6.42 Å². The summed E-state index contributed by atoms with van der Waals surface area (Å²) >= 11 is 0. The molecule has 0 saturated heterocycles. The average molecular weight is 180 g/mol. The molecule has 2 heteroatoms. The molecule has 0 radical (unpaired) electrons. The number of carbonyl (C=O) groups excluding carboxylic acids is 1. The molecule has 0 N–H and O–H groups in total. The molecule has 72 valence electrons. The maximum atomic E-state index is 11.0. The molecule has 0 amide bonds. The normalized spacial score (nSPS) is 19.2. The minimum Gasteiger partial charge on any atom is -0.495 e. The SMILES string of the molecule is C=CCC(C)OC1=CC(=O)CCC1. The quantitative estimate of drug-likeness (QED) is 0.621. The van der Waals surface area contributed by atoms with E-state index < -0.39 is 0 Å². The van der Waals surface area contributed by atoms with Gasteiger partial charge >= 0.3 is 0 Å². The number of ether oxygens (including phenoxy) is 1. The van der Waals surface area contributed by atoms with Crippen LogP contribution < -0.4 is 0 Å². The second-order valence-electron chi connectivity index (χ2n) is 3.38. The number of carbonyl (C=O) groups is 1. The summed E-state index contributed by atoms with van der Waals surface area (Å²) in [6, 6.07) is 0. The molecule has 0 fully saturated rings. The zero-order valence-electron chi connectivity index (χ0n) is 8.08. The first-order valence-electron chi connectivity index (χ1n) is 4.73. The lowest BCUT2D eigenvalue weighted by atomic mass is 10.1. The van der Waals surface area contributed by atoms with Crippen molar-refractivity contribution in [2.45, 2.75) is 38.7 Å². The molecule has 1 rings (SSSR count). The van der Waals surface area contributed by atoms with Gasteiger partial charge in [-0.25, -0.2) is 0 Å². The highest BCUT2D eigenvalue weighted by Crippen LogP contribution is 2.18. The fraction of sp³-hybridized carbons (Fsp3) is 0.545. The van der Waals surface area contributed by atoms with E-state index in [1.54, 1.807) is 6.08 Å². The molecule has 0 aromatic heterocycles. The van der Waals surface area contributed by atoms with E-state index in [4.69, 9.17) is 4.74 Å². The Hall–Kier alpha value is -1.05. The van der Waals surface area contributed by atoms with Gasteiger partial charge in [-0.15, -0.1) is 6.58 Å². The Morgan fingerprint density at radius 1 is 1.69 bits per heavy atom. The van der Waals surface area contributed by atoms with Crippen molar-refractivity contribution in [2.24, 2.45) is 0 Å². The lowest BCUT2D eigenvalue weighted by molar-refractivity contribution is -0.115. The van der Waals surface area contributed by atoms with Crippen molar-refractivity contribution in [3.05, 3.63) is 24.5 Å². The maximum Gasteiger partial charge on any atom is 0.159 e. The predicted octanol–water partition coefficient (Wildman–Crippen LogP) is 2.60. The van der Waals surface area contributed by atoms with Gasteiger partial charge in [0.25, 0.3) is 0 Å². The van der Waals surface area contributed by atoms with E-state index in [0.717, 1.165) is 25.0 Å². The van der Waals surface area contributed by atoms with Crippen LogP contribution in [-0.2, 0) is 9.53 Å². The van der Waals surface area contributed by atoms with E-state index in [-0.39, 0.29) is 11.9 Å².